The third-order valence-electron chi connectivity index (χ3n) is 2.43. The average molecular weight is 236 g/mol. The second-order valence-electron chi connectivity index (χ2n) is 4.98. The molecule has 0 saturated heterocycles. The number of rotatable bonds is 3. The zero-order valence-corrected chi connectivity index (χ0v) is 10.9. The first-order valence-electron chi connectivity index (χ1n) is 5.49. The maximum atomic E-state index is 12.3. The van der Waals surface area contributed by atoms with Crippen LogP contribution in [-0.2, 0) is 7.05 Å². The second kappa shape index (κ2) is 4.61. The van der Waals surface area contributed by atoms with E-state index in [1.165, 1.54) is 4.68 Å². The lowest BCUT2D eigenvalue weighted by atomic mass is 10.1. The van der Waals surface area contributed by atoms with Crippen molar-refractivity contribution >= 4 is 11.6 Å². The molecule has 1 heterocycles. The third-order valence-corrected chi connectivity index (χ3v) is 2.43. The minimum atomic E-state index is -0.296. The van der Waals surface area contributed by atoms with Crippen molar-refractivity contribution in [1.29, 1.82) is 0 Å². The Labute approximate surface area is 102 Å². The zero-order valence-electron chi connectivity index (χ0n) is 10.9. The van der Waals surface area contributed by atoms with E-state index in [4.69, 9.17) is 5.73 Å². The molecule has 0 aliphatic heterocycles. The van der Waals surface area contributed by atoms with Gasteiger partial charge in [0.1, 0.15) is 0 Å². The SMILES string of the molecule is C=CCN(C(=O)c1nn(C)cc1N)C(C)(C)C. The van der Waals surface area contributed by atoms with Gasteiger partial charge in [0, 0.05) is 25.3 Å². The fourth-order valence-electron chi connectivity index (χ4n) is 1.59. The first-order valence-corrected chi connectivity index (χ1v) is 5.49. The van der Waals surface area contributed by atoms with E-state index in [1.807, 2.05) is 20.8 Å². The van der Waals surface area contributed by atoms with Crippen LogP contribution in [-0.4, -0.2) is 32.7 Å². The van der Waals surface area contributed by atoms with E-state index in [0.717, 1.165) is 0 Å². The summed E-state index contributed by atoms with van der Waals surface area (Å²) in [7, 11) is 1.74. The molecule has 0 spiro atoms. The van der Waals surface area contributed by atoms with Crippen LogP contribution in [0.25, 0.3) is 0 Å². The summed E-state index contributed by atoms with van der Waals surface area (Å²) in [6, 6.07) is 0. The van der Waals surface area contributed by atoms with Gasteiger partial charge in [-0.3, -0.25) is 9.48 Å². The van der Waals surface area contributed by atoms with Crippen molar-refractivity contribution in [2.75, 3.05) is 12.3 Å². The number of nitrogens with zero attached hydrogens (tertiary/aromatic N) is 3. The molecule has 1 aromatic rings. The third kappa shape index (κ3) is 2.87. The molecule has 0 aliphatic carbocycles. The number of nitrogens with two attached hydrogens (primary N) is 1. The van der Waals surface area contributed by atoms with Crippen molar-refractivity contribution in [3.05, 3.63) is 24.5 Å². The van der Waals surface area contributed by atoms with E-state index in [1.54, 1.807) is 24.2 Å². The van der Waals surface area contributed by atoms with Crippen molar-refractivity contribution in [1.82, 2.24) is 14.7 Å². The van der Waals surface area contributed by atoms with Crippen LogP contribution in [0.5, 0.6) is 0 Å². The molecule has 2 N–H and O–H groups in total. The molecular weight excluding hydrogens is 216 g/mol. The van der Waals surface area contributed by atoms with Gasteiger partial charge in [0.05, 0.1) is 5.69 Å². The molecule has 0 unspecified atom stereocenters. The Morgan fingerprint density at radius 3 is 2.59 bits per heavy atom. The van der Waals surface area contributed by atoms with Crippen molar-refractivity contribution in [2.24, 2.45) is 7.05 Å². The van der Waals surface area contributed by atoms with Crippen molar-refractivity contribution in [3.63, 3.8) is 0 Å². The zero-order chi connectivity index (χ0) is 13.2. The molecule has 5 nitrogen and oxygen atoms in total. The van der Waals surface area contributed by atoms with E-state index in [2.05, 4.69) is 11.7 Å². The van der Waals surface area contributed by atoms with Gasteiger partial charge in [-0.2, -0.15) is 5.10 Å². The van der Waals surface area contributed by atoms with Crippen LogP contribution >= 0.6 is 0 Å². The largest absolute Gasteiger partial charge is 0.396 e. The molecular formula is C12H20N4O. The highest BCUT2D eigenvalue weighted by atomic mass is 16.2. The second-order valence-corrected chi connectivity index (χ2v) is 4.98. The summed E-state index contributed by atoms with van der Waals surface area (Å²) in [5, 5.41) is 4.09. The van der Waals surface area contributed by atoms with Gasteiger partial charge in [0.2, 0.25) is 0 Å². The van der Waals surface area contributed by atoms with Crippen LogP contribution in [0.2, 0.25) is 0 Å². The maximum absolute atomic E-state index is 12.3. The highest BCUT2D eigenvalue weighted by Crippen LogP contribution is 2.19. The molecule has 0 radical (unpaired) electrons. The number of aromatic nitrogens is 2. The Bertz CT molecular complexity index is 428. The van der Waals surface area contributed by atoms with Crippen LogP contribution in [0, 0.1) is 0 Å². The predicted molar refractivity (Wildman–Crippen MR) is 68.6 cm³/mol. The lowest BCUT2D eigenvalue weighted by Gasteiger charge is -2.34. The number of hydrogen-bond acceptors (Lipinski definition) is 3. The average Bonchev–Trinajstić information content (AvgIpc) is 2.51. The van der Waals surface area contributed by atoms with E-state index in [-0.39, 0.29) is 11.4 Å². The molecule has 0 bridgehead atoms. The standard InChI is InChI=1S/C12H20N4O/c1-6-7-16(12(2,3)4)11(17)10-9(13)8-15(5)14-10/h6,8H,1,7,13H2,2-5H3. The molecule has 94 valence electrons. The Morgan fingerprint density at radius 1 is 1.65 bits per heavy atom. The molecule has 0 atom stereocenters. The van der Waals surface area contributed by atoms with Gasteiger partial charge in [-0.1, -0.05) is 6.08 Å². The van der Waals surface area contributed by atoms with Crippen LogP contribution < -0.4 is 5.73 Å². The van der Waals surface area contributed by atoms with Crippen molar-refractivity contribution < 1.29 is 4.79 Å². The molecule has 1 amide bonds. The predicted octanol–water partition coefficient (Wildman–Crippen LogP) is 1.43. The summed E-state index contributed by atoms with van der Waals surface area (Å²) in [5.41, 5.74) is 6.16. The van der Waals surface area contributed by atoms with E-state index < -0.39 is 0 Å². The Balaban J connectivity index is 3.08. The van der Waals surface area contributed by atoms with Gasteiger partial charge >= 0.3 is 0 Å². The first-order chi connectivity index (χ1) is 7.77. The van der Waals surface area contributed by atoms with Gasteiger partial charge in [0.15, 0.2) is 5.69 Å². The monoisotopic (exact) mass is 236 g/mol. The summed E-state index contributed by atoms with van der Waals surface area (Å²) < 4.78 is 1.54. The lowest BCUT2D eigenvalue weighted by Crippen LogP contribution is -2.46. The Kier molecular flexibility index (Phi) is 3.60. The number of nitrogen functional groups attached to an aromatic ring is 1. The first kappa shape index (κ1) is 13.3. The van der Waals surface area contributed by atoms with E-state index in [0.29, 0.717) is 17.9 Å². The minimum absolute atomic E-state index is 0.171. The van der Waals surface area contributed by atoms with Crippen LogP contribution in [0.3, 0.4) is 0 Å². The summed E-state index contributed by atoms with van der Waals surface area (Å²) in [6.07, 6.45) is 3.32. The van der Waals surface area contributed by atoms with Gasteiger partial charge in [0.25, 0.3) is 5.91 Å². The van der Waals surface area contributed by atoms with E-state index in [9.17, 15) is 4.79 Å². The fourth-order valence-corrected chi connectivity index (χ4v) is 1.59. The Hall–Kier alpha value is -1.78. The lowest BCUT2D eigenvalue weighted by molar-refractivity contribution is 0.0610. The summed E-state index contributed by atoms with van der Waals surface area (Å²) in [6.45, 7) is 10.0. The number of anilines is 1. The van der Waals surface area contributed by atoms with Gasteiger partial charge in [-0.25, -0.2) is 0 Å². The summed E-state index contributed by atoms with van der Waals surface area (Å²) in [5.74, 6) is -0.171. The highest BCUT2D eigenvalue weighted by molar-refractivity contribution is 5.97. The van der Waals surface area contributed by atoms with Crippen molar-refractivity contribution in [3.8, 4) is 0 Å². The maximum Gasteiger partial charge on any atom is 0.277 e. The highest BCUT2D eigenvalue weighted by Gasteiger charge is 2.29. The smallest absolute Gasteiger partial charge is 0.277 e. The Morgan fingerprint density at radius 2 is 2.24 bits per heavy atom. The molecule has 0 fully saturated rings. The summed E-state index contributed by atoms with van der Waals surface area (Å²) >= 11 is 0. The number of aryl methyl sites for hydroxylation is 1. The van der Waals surface area contributed by atoms with Crippen LogP contribution in [0.1, 0.15) is 31.3 Å². The molecule has 0 saturated carbocycles. The van der Waals surface area contributed by atoms with E-state index >= 15 is 0 Å². The molecule has 0 aliphatic rings. The van der Waals surface area contributed by atoms with Gasteiger partial charge in [-0.05, 0) is 20.8 Å². The molecule has 0 aromatic carbocycles. The number of hydrogen-bond donors (Lipinski definition) is 1. The fraction of sp³-hybridized carbons (Fsp3) is 0.500. The number of carbonyl (C=O) groups excluding carboxylic acids is 1. The number of carbonyl (C=O) groups is 1. The molecule has 5 heteroatoms. The van der Waals surface area contributed by atoms with Gasteiger partial charge < -0.3 is 10.6 Å². The van der Waals surface area contributed by atoms with Crippen LogP contribution in [0.15, 0.2) is 18.9 Å². The summed E-state index contributed by atoms with van der Waals surface area (Å²) in [4.78, 5) is 14.0. The number of amides is 1. The normalized spacial score (nSPS) is 11.3. The van der Waals surface area contributed by atoms with Gasteiger partial charge in [-0.15, -0.1) is 6.58 Å². The quantitative estimate of drug-likeness (QED) is 0.807. The van der Waals surface area contributed by atoms with Crippen molar-refractivity contribution in [2.45, 2.75) is 26.3 Å². The molecule has 1 rings (SSSR count). The van der Waals surface area contributed by atoms with Crippen LogP contribution in [0.4, 0.5) is 5.69 Å². The molecule has 17 heavy (non-hydrogen) atoms. The minimum Gasteiger partial charge on any atom is -0.396 e. The molecule has 1 aromatic heterocycles. The topological polar surface area (TPSA) is 64.2 Å².